The average Bonchev–Trinajstić information content (AvgIpc) is 2.70. The Hall–Kier alpha value is -0.850. The van der Waals surface area contributed by atoms with Crippen LogP contribution in [0.1, 0.15) is 59.8 Å². The van der Waals surface area contributed by atoms with Crippen LogP contribution >= 0.6 is 11.6 Å². The van der Waals surface area contributed by atoms with Crippen molar-refractivity contribution in [1.82, 2.24) is 15.5 Å². The second-order valence-corrected chi connectivity index (χ2v) is 10.4. The minimum absolute atomic E-state index is 0.00796. The van der Waals surface area contributed by atoms with E-state index in [2.05, 4.69) is 36.3 Å². The molecule has 1 aliphatic carbocycles. The Morgan fingerprint density at radius 2 is 1.90 bits per heavy atom. The van der Waals surface area contributed by atoms with Crippen LogP contribution in [0.4, 0.5) is 0 Å². The molecule has 3 fully saturated rings. The Morgan fingerprint density at radius 1 is 1.20 bits per heavy atom. The van der Waals surface area contributed by atoms with Crippen LogP contribution in [0, 0.1) is 23.7 Å². The second kappa shape index (κ2) is 10.6. The highest BCUT2D eigenvalue weighted by atomic mass is 35.5. The van der Waals surface area contributed by atoms with Crippen molar-refractivity contribution in [2.75, 3.05) is 26.3 Å². The number of rotatable bonds is 6. The molecule has 2 amide bonds. The number of alkyl halides is 1. The summed E-state index contributed by atoms with van der Waals surface area (Å²) in [5, 5.41) is 6.13. The standard InChI is InChI=1S/C23H40ClN3O3/c1-5-27(18-6-8-30-9-7-18)21-12-17(24)11-19(16(21)4)22(28)25-13-20-14(2)10-15(3)26-23(20)29/h14-21H,5-13H2,1-4H3,(H,25,28)(H,26,29). The van der Waals surface area contributed by atoms with E-state index >= 15 is 0 Å². The van der Waals surface area contributed by atoms with E-state index in [4.69, 9.17) is 16.3 Å². The van der Waals surface area contributed by atoms with Gasteiger partial charge in [0.15, 0.2) is 0 Å². The first-order valence-electron chi connectivity index (χ1n) is 11.9. The topological polar surface area (TPSA) is 70.7 Å². The van der Waals surface area contributed by atoms with Crippen LogP contribution in [0.5, 0.6) is 0 Å². The van der Waals surface area contributed by atoms with Gasteiger partial charge in [0.25, 0.3) is 0 Å². The molecule has 0 aromatic rings. The summed E-state index contributed by atoms with van der Waals surface area (Å²) in [7, 11) is 0. The Kier molecular flexibility index (Phi) is 8.45. The molecule has 0 radical (unpaired) electrons. The normalized spacial score (nSPS) is 38.3. The summed E-state index contributed by atoms with van der Waals surface area (Å²) in [4.78, 5) is 28.1. The molecule has 3 aliphatic rings. The van der Waals surface area contributed by atoms with Gasteiger partial charge in [0, 0.05) is 49.2 Å². The van der Waals surface area contributed by atoms with Crippen LogP contribution in [-0.2, 0) is 14.3 Å². The van der Waals surface area contributed by atoms with Gasteiger partial charge in [0.2, 0.25) is 11.8 Å². The van der Waals surface area contributed by atoms with Gasteiger partial charge in [-0.3, -0.25) is 14.5 Å². The average molecular weight is 442 g/mol. The van der Waals surface area contributed by atoms with Gasteiger partial charge in [0.05, 0.1) is 5.92 Å². The summed E-state index contributed by atoms with van der Waals surface area (Å²) in [6.45, 7) is 11.6. The molecule has 7 heteroatoms. The molecule has 3 rings (SSSR count). The van der Waals surface area contributed by atoms with E-state index in [1.165, 1.54) is 0 Å². The lowest BCUT2D eigenvalue weighted by atomic mass is 9.74. The molecule has 6 nitrogen and oxygen atoms in total. The first-order chi connectivity index (χ1) is 14.3. The summed E-state index contributed by atoms with van der Waals surface area (Å²) in [5.74, 6) is 0.362. The molecule has 172 valence electrons. The van der Waals surface area contributed by atoms with Crippen molar-refractivity contribution < 1.29 is 14.3 Å². The minimum atomic E-state index is -0.152. The van der Waals surface area contributed by atoms with Gasteiger partial charge >= 0.3 is 0 Å². The maximum Gasteiger partial charge on any atom is 0.225 e. The minimum Gasteiger partial charge on any atom is -0.381 e. The predicted molar refractivity (Wildman–Crippen MR) is 119 cm³/mol. The van der Waals surface area contributed by atoms with Gasteiger partial charge in [-0.25, -0.2) is 0 Å². The molecule has 0 aromatic heterocycles. The zero-order valence-electron chi connectivity index (χ0n) is 19.0. The fraction of sp³-hybridized carbons (Fsp3) is 0.913. The highest BCUT2D eigenvalue weighted by Gasteiger charge is 2.42. The molecular weight excluding hydrogens is 402 g/mol. The van der Waals surface area contributed by atoms with Gasteiger partial charge in [-0.1, -0.05) is 20.8 Å². The number of nitrogens with one attached hydrogen (secondary N) is 2. The number of nitrogens with zero attached hydrogens (tertiary/aromatic N) is 1. The Labute approximate surface area is 186 Å². The summed E-state index contributed by atoms with van der Waals surface area (Å²) in [6, 6.07) is 1.03. The molecule has 1 saturated carbocycles. The number of carbonyl (C=O) groups excluding carboxylic acids is 2. The third-order valence-corrected chi connectivity index (χ3v) is 8.03. The van der Waals surface area contributed by atoms with Crippen molar-refractivity contribution in [2.45, 2.75) is 83.3 Å². The Bertz CT molecular complexity index is 598. The second-order valence-electron chi connectivity index (χ2n) is 9.75. The van der Waals surface area contributed by atoms with E-state index in [0.29, 0.717) is 25.0 Å². The van der Waals surface area contributed by atoms with E-state index in [0.717, 1.165) is 45.4 Å². The molecule has 2 N–H and O–H groups in total. The number of hydrogen-bond acceptors (Lipinski definition) is 4. The zero-order valence-corrected chi connectivity index (χ0v) is 19.8. The van der Waals surface area contributed by atoms with E-state index in [9.17, 15) is 9.59 Å². The molecule has 7 unspecified atom stereocenters. The van der Waals surface area contributed by atoms with Crippen LogP contribution in [0.15, 0.2) is 0 Å². The fourth-order valence-electron chi connectivity index (χ4n) is 5.92. The van der Waals surface area contributed by atoms with E-state index in [-0.39, 0.29) is 46.9 Å². The number of halogens is 1. The molecular formula is C23H40ClN3O3. The monoisotopic (exact) mass is 441 g/mol. The third kappa shape index (κ3) is 5.49. The van der Waals surface area contributed by atoms with Gasteiger partial charge in [-0.2, -0.15) is 0 Å². The highest BCUT2D eigenvalue weighted by molar-refractivity contribution is 6.20. The van der Waals surface area contributed by atoms with Crippen LogP contribution in [-0.4, -0.2) is 66.5 Å². The van der Waals surface area contributed by atoms with E-state index < -0.39 is 0 Å². The van der Waals surface area contributed by atoms with Crippen LogP contribution in [0.2, 0.25) is 0 Å². The molecule has 2 saturated heterocycles. The largest absolute Gasteiger partial charge is 0.381 e. The number of carbonyl (C=O) groups is 2. The summed E-state index contributed by atoms with van der Waals surface area (Å²) >= 11 is 6.67. The van der Waals surface area contributed by atoms with Gasteiger partial charge in [-0.05, 0) is 57.4 Å². The quantitative estimate of drug-likeness (QED) is 0.622. The maximum atomic E-state index is 13.2. The zero-order chi connectivity index (χ0) is 21.8. The first-order valence-corrected chi connectivity index (χ1v) is 12.3. The molecule has 0 bridgehead atoms. The van der Waals surface area contributed by atoms with Crippen LogP contribution in [0.25, 0.3) is 0 Å². The van der Waals surface area contributed by atoms with Crippen molar-refractivity contribution in [3.05, 3.63) is 0 Å². The van der Waals surface area contributed by atoms with Crippen molar-refractivity contribution in [3.63, 3.8) is 0 Å². The number of ether oxygens (including phenoxy) is 1. The van der Waals surface area contributed by atoms with E-state index in [1.807, 2.05) is 6.92 Å². The molecule has 0 spiro atoms. The first kappa shape index (κ1) is 23.8. The molecule has 30 heavy (non-hydrogen) atoms. The lowest BCUT2D eigenvalue weighted by Gasteiger charge is -2.47. The highest BCUT2D eigenvalue weighted by Crippen LogP contribution is 2.38. The van der Waals surface area contributed by atoms with Gasteiger partial charge in [0.1, 0.15) is 0 Å². The third-order valence-electron chi connectivity index (χ3n) is 7.67. The SMILES string of the molecule is CCN(C1CCOCC1)C1CC(Cl)CC(C(=O)NCC2C(=O)NC(C)CC2C)C1C. The number of hydrogen-bond donors (Lipinski definition) is 2. The smallest absolute Gasteiger partial charge is 0.225 e. The van der Waals surface area contributed by atoms with Crippen molar-refractivity contribution >= 4 is 23.4 Å². The molecule has 0 aromatic carbocycles. The summed E-state index contributed by atoms with van der Waals surface area (Å²) in [6.07, 6.45) is 4.69. The number of amides is 2. The predicted octanol–water partition coefficient (Wildman–Crippen LogP) is 2.79. The van der Waals surface area contributed by atoms with Crippen molar-refractivity contribution in [3.8, 4) is 0 Å². The van der Waals surface area contributed by atoms with Crippen molar-refractivity contribution in [2.24, 2.45) is 23.7 Å². The van der Waals surface area contributed by atoms with Gasteiger partial charge < -0.3 is 15.4 Å². The summed E-state index contributed by atoms with van der Waals surface area (Å²) < 4.78 is 5.55. The van der Waals surface area contributed by atoms with Crippen molar-refractivity contribution in [1.29, 1.82) is 0 Å². The maximum absolute atomic E-state index is 13.2. The molecule has 2 heterocycles. The van der Waals surface area contributed by atoms with Crippen LogP contribution in [0.3, 0.4) is 0 Å². The lowest BCUT2D eigenvalue weighted by molar-refractivity contribution is -0.132. The molecule has 7 atom stereocenters. The van der Waals surface area contributed by atoms with Crippen LogP contribution < -0.4 is 10.6 Å². The molecule has 2 aliphatic heterocycles. The Morgan fingerprint density at radius 3 is 2.53 bits per heavy atom. The summed E-state index contributed by atoms with van der Waals surface area (Å²) in [5.41, 5.74) is 0. The Balaban J connectivity index is 1.62. The van der Waals surface area contributed by atoms with E-state index in [1.54, 1.807) is 0 Å². The fourth-order valence-corrected chi connectivity index (χ4v) is 6.29. The lowest BCUT2D eigenvalue weighted by Crippen LogP contribution is -2.55. The number of piperidine rings is 1. The van der Waals surface area contributed by atoms with Gasteiger partial charge in [-0.15, -0.1) is 11.6 Å².